The maximum absolute atomic E-state index is 12.7. The molecule has 0 saturated heterocycles. The van der Waals surface area contributed by atoms with Crippen LogP contribution in [-0.4, -0.2) is 67.6 Å². The lowest BCUT2D eigenvalue weighted by Gasteiger charge is -2.61. The van der Waals surface area contributed by atoms with Gasteiger partial charge >= 0.3 is 0 Å². The van der Waals surface area contributed by atoms with Crippen molar-refractivity contribution in [3.8, 4) is 0 Å². The fourth-order valence-corrected chi connectivity index (χ4v) is 10.8. The Kier molecular flexibility index (Phi) is 10.1. The molecule has 0 radical (unpaired) electrons. The van der Waals surface area contributed by atoms with E-state index in [-0.39, 0.29) is 12.3 Å². The van der Waals surface area contributed by atoms with E-state index in [9.17, 15) is 18.3 Å². The largest absolute Gasteiger partial charge is 0.375 e. The second kappa shape index (κ2) is 12.5. The molecule has 0 spiro atoms. The summed E-state index contributed by atoms with van der Waals surface area (Å²) in [6.07, 6.45) is 16.6. The minimum atomic E-state index is -4.42. The van der Waals surface area contributed by atoms with Gasteiger partial charge in [0.05, 0.1) is 27.2 Å². The maximum atomic E-state index is 12.7. The van der Waals surface area contributed by atoms with Crippen LogP contribution >= 0.6 is 0 Å². The summed E-state index contributed by atoms with van der Waals surface area (Å²) < 4.78 is 31.5. The van der Waals surface area contributed by atoms with E-state index in [2.05, 4.69) is 26.1 Å². The first kappa shape index (κ1) is 32.2. The number of carbonyl (C=O) groups is 1. The smallest absolute Gasteiger partial charge is 0.292 e. The molecule has 8 heteroatoms. The topological polar surface area (TPSA) is 104 Å². The highest BCUT2D eigenvalue weighted by Gasteiger charge is 2.60. The Morgan fingerprint density at radius 1 is 0.950 bits per heavy atom. The Bertz CT molecular complexity index is 986. The molecule has 4 rings (SSSR count). The molecule has 0 heterocycles. The Morgan fingerprint density at radius 2 is 1.68 bits per heavy atom. The van der Waals surface area contributed by atoms with Gasteiger partial charge in [0.25, 0.3) is 10.1 Å². The molecule has 4 aliphatic rings. The fourth-order valence-electron chi connectivity index (χ4n) is 10.4. The Morgan fingerprint density at radius 3 is 2.40 bits per heavy atom. The van der Waals surface area contributed by atoms with E-state index in [4.69, 9.17) is 4.55 Å². The van der Waals surface area contributed by atoms with Crippen molar-refractivity contribution in [3.05, 3.63) is 0 Å². The molecule has 232 valence electrons. The SMILES string of the molecule is C[C@H](CCC(=O)NCCC[N+](C)(C)CCC(O)S(=O)(=O)O)[C@H]1CCC2C3CCC4CCCC[C@]4(C)C3CC[C@@]21C. The molecule has 0 aromatic carbocycles. The van der Waals surface area contributed by atoms with Crippen LogP contribution in [0.1, 0.15) is 111 Å². The number of nitrogens with one attached hydrogen (secondary N) is 1. The number of amides is 1. The lowest BCUT2D eigenvalue weighted by molar-refractivity contribution is -0.890. The van der Waals surface area contributed by atoms with Gasteiger partial charge in [0.2, 0.25) is 5.91 Å². The van der Waals surface area contributed by atoms with Gasteiger partial charge in [0.1, 0.15) is 0 Å². The van der Waals surface area contributed by atoms with Crippen molar-refractivity contribution >= 4 is 16.0 Å². The fraction of sp³-hybridized carbons (Fsp3) is 0.969. The highest BCUT2D eigenvalue weighted by Crippen LogP contribution is 2.68. The number of aliphatic hydroxyl groups excluding tert-OH is 1. The number of hydrogen-bond donors (Lipinski definition) is 3. The predicted octanol–water partition coefficient (Wildman–Crippen LogP) is 5.63. The summed E-state index contributed by atoms with van der Waals surface area (Å²) in [7, 11) is -0.491. The van der Waals surface area contributed by atoms with Crippen LogP contribution in [0.25, 0.3) is 0 Å². The number of carbonyl (C=O) groups excluding carboxylic acids is 1. The lowest BCUT2D eigenvalue weighted by atomic mass is 9.44. The first-order chi connectivity index (χ1) is 18.7. The molecule has 1 amide bonds. The molecule has 40 heavy (non-hydrogen) atoms. The second-order valence-electron chi connectivity index (χ2n) is 15.5. The lowest BCUT2D eigenvalue weighted by Crippen LogP contribution is -2.53. The van der Waals surface area contributed by atoms with Crippen molar-refractivity contribution in [2.24, 2.45) is 46.3 Å². The quantitative estimate of drug-likeness (QED) is 0.157. The maximum Gasteiger partial charge on any atom is 0.292 e. The van der Waals surface area contributed by atoms with Crippen molar-refractivity contribution in [2.45, 2.75) is 116 Å². The molecular weight excluding hydrogens is 524 g/mol. The Balaban J connectivity index is 1.20. The standard InChI is InChI=1S/C32H58N2O5S/c1-23(10-15-29(35)33-20-8-21-34(4,5)22-17-30(36)40(37,38)39)26-13-14-27-25-12-11-24-9-6-7-18-31(24,2)28(25)16-19-32(26,27)3/h23-28,30,36H,6-22H2,1-5H3,(H-,33,35,37,38,39)/p+1/t23-,24?,25?,26-,27?,28?,30?,31+,32-/m1/s1. The van der Waals surface area contributed by atoms with Gasteiger partial charge in [-0.2, -0.15) is 8.42 Å². The summed E-state index contributed by atoms with van der Waals surface area (Å²) in [5.41, 5.74) is -0.699. The third-order valence-electron chi connectivity index (χ3n) is 12.8. The van der Waals surface area contributed by atoms with E-state index in [1.807, 2.05) is 14.1 Å². The molecule has 7 nitrogen and oxygen atoms in total. The number of hydrogen-bond acceptors (Lipinski definition) is 4. The summed E-state index contributed by atoms with van der Waals surface area (Å²) >= 11 is 0. The number of quaternary nitrogens is 1. The highest BCUT2D eigenvalue weighted by atomic mass is 32.2. The Hall–Kier alpha value is -0.700. The van der Waals surface area contributed by atoms with Gasteiger partial charge in [-0.3, -0.25) is 9.35 Å². The molecule has 4 saturated carbocycles. The minimum Gasteiger partial charge on any atom is -0.375 e. The molecule has 4 aliphatic carbocycles. The number of nitrogens with zero attached hydrogens (tertiary/aromatic N) is 1. The molecule has 0 aromatic rings. The molecule has 4 fully saturated rings. The van der Waals surface area contributed by atoms with Crippen molar-refractivity contribution in [2.75, 3.05) is 33.7 Å². The average molecular weight is 584 g/mol. The molecule has 0 bridgehead atoms. The molecule has 3 N–H and O–H groups in total. The van der Waals surface area contributed by atoms with E-state index in [1.165, 1.54) is 64.2 Å². The summed E-state index contributed by atoms with van der Waals surface area (Å²) in [5, 5.41) is 12.6. The van der Waals surface area contributed by atoms with Gasteiger partial charge in [-0.05, 0) is 104 Å². The summed E-state index contributed by atoms with van der Waals surface area (Å²) in [4.78, 5) is 12.7. The number of aliphatic hydroxyl groups is 1. The summed E-state index contributed by atoms with van der Waals surface area (Å²) in [6.45, 7) is 9.46. The van der Waals surface area contributed by atoms with Gasteiger partial charge in [0.15, 0.2) is 5.44 Å². The molecule has 9 atom stereocenters. The van der Waals surface area contributed by atoms with Crippen LogP contribution in [0.3, 0.4) is 0 Å². The third-order valence-corrected chi connectivity index (χ3v) is 13.7. The van der Waals surface area contributed by atoms with E-state index in [0.29, 0.717) is 40.7 Å². The van der Waals surface area contributed by atoms with Gasteiger partial charge in [-0.15, -0.1) is 0 Å². The first-order valence-corrected chi connectivity index (χ1v) is 17.9. The predicted molar refractivity (Wildman–Crippen MR) is 160 cm³/mol. The van der Waals surface area contributed by atoms with E-state index >= 15 is 0 Å². The van der Waals surface area contributed by atoms with Gasteiger partial charge < -0.3 is 14.9 Å². The zero-order valence-electron chi connectivity index (χ0n) is 26.0. The van der Waals surface area contributed by atoms with Gasteiger partial charge in [-0.25, -0.2) is 0 Å². The van der Waals surface area contributed by atoms with Crippen LogP contribution in [0.2, 0.25) is 0 Å². The first-order valence-electron chi connectivity index (χ1n) is 16.4. The summed E-state index contributed by atoms with van der Waals surface area (Å²) in [6, 6.07) is 0. The van der Waals surface area contributed by atoms with E-state index in [1.54, 1.807) is 0 Å². The van der Waals surface area contributed by atoms with Crippen molar-refractivity contribution < 1.29 is 27.4 Å². The number of rotatable bonds is 12. The normalized spacial score (nSPS) is 37.6. The zero-order chi connectivity index (χ0) is 29.3. The average Bonchev–Trinajstić information content (AvgIpc) is 3.25. The third kappa shape index (κ3) is 6.92. The zero-order valence-corrected chi connectivity index (χ0v) is 26.9. The van der Waals surface area contributed by atoms with Gasteiger partial charge in [0, 0.05) is 25.8 Å². The van der Waals surface area contributed by atoms with E-state index in [0.717, 1.165) is 49.0 Å². The van der Waals surface area contributed by atoms with Crippen LogP contribution in [-0.2, 0) is 14.9 Å². The van der Waals surface area contributed by atoms with Crippen LogP contribution < -0.4 is 5.32 Å². The van der Waals surface area contributed by atoms with Crippen molar-refractivity contribution in [3.63, 3.8) is 0 Å². The minimum absolute atomic E-state index is 0.0156. The van der Waals surface area contributed by atoms with Crippen LogP contribution in [0.4, 0.5) is 0 Å². The molecular formula is C32H59N2O5S+. The molecule has 5 unspecified atom stereocenters. The van der Waals surface area contributed by atoms with E-state index < -0.39 is 15.6 Å². The molecule has 0 aliphatic heterocycles. The van der Waals surface area contributed by atoms with Crippen molar-refractivity contribution in [1.82, 2.24) is 5.32 Å². The highest BCUT2D eigenvalue weighted by molar-refractivity contribution is 7.86. The van der Waals surface area contributed by atoms with Crippen LogP contribution in [0.5, 0.6) is 0 Å². The van der Waals surface area contributed by atoms with Crippen LogP contribution in [0, 0.1) is 46.3 Å². The summed E-state index contributed by atoms with van der Waals surface area (Å²) in [5.74, 6) is 5.17. The molecule has 0 aromatic heterocycles. The second-order valence-corrected chi connectivity index (χ2v) is 17.1. The number of fused-ring (bicyclic) bond motifs is 5. The monoisotopic (exact) mass is 583 g/mol. The van der Waals surface area contributed by atoms with Crippen LogP contribution in [0.15, 0.2) is 0 Å². The van der Waals surface area contributed by atoms with Crippen molar-refractivity contribution in [1.29, 1.82) is 0 Å². The van der Waals surface area contributed by atoms with Gasteiger partial charge in [-0.1, -0.05) is 33.6 Å². The Labute approximate surface area is 244 Å².